The molecule has 1 aliphatic rings. The molecule has 3 heteroatoms. The van der Waals surface area contributed by atoms with Crippen molar-refractivity contribution in [1.82, 2.24) is 5.32 Å². The van der Waals surface area contributed by atoms with Crippen molar-refractivity contribution in [3.8, 4) is 0 Å². The van der Waals surface area contributed by atoms with Gasteiger partial charge in [0, 0.05) is 6.04 Å². The van der Waals surface area contributed by atoms with Crippen LogP contribution in [0.3, 0.4) is 0 Å². The number of esters is 1. The highest BCUT2D eigenvalue weighted by molar-refractivity contribution is 5.77. The number of carbonyl (C=O) groups is 1. The Hall–Kier alpha value is -1.35. The highest BCUT2D eigenvalue weighted by Crippen LogP contribution is 2.36. The summed E-state index contributed by atoms with van der Waals surface area (Å²) in [6.45, 7) is 6.84. The Morgan fingerprint density at radius 1 is 1.33 bits per heavy atom. The molecule has 3 nitrogen and oxygen atoms in total. The molecule has 1 aromatic rings. The van der Waals surface area contributed by atoms with Gasteiger partial charge in [0.25, 0.3) is 0 Å². The summed E-state index contributed by atoms with van der Waals surface area (Å²) in [6.07, 6.45) is 4.83. The minimum atomic E-state index is -0.367. The Morgan fingerprint density at radius 2 is 2.05 bits per heavy atom. The Labute approximate surface area is 128 Å². The third-order valence-electron chi connectivity index (χ3n) is 4.53. The van der Waals surface area contributed by atoms with Gasteiger partial charge in [0.05, 0.1) is 6.61 Å². The molecule has 0 amide bonds. The number of benzene rings is 1. The van der Waals surface area contributed by atoms with Crippen LogP contribution in [0.4, 0.5) is 0 Å². The van der Waals surface area contributed by atoms with Crippen molar-refractivity contribution in [3.05, 3.63) is 35.9 Å². The van der Waals surface area contributed by atoms with E-state index in [2.05, 4.69) is 19.2 Å². The molecule has 1 fully saturated rings. The average molecular weight is 289 g/mol. The number of nitrogens with one attached hydrogen (secondary N) is 1. The molecule has 0 aromatic heterocycles. The van der Waals surface area contributed by atoms with Crippen LogP contribution in [0.2, 0.25) is 0 Å². The molecular weight excluding hydrogens is 262 g/mol. The molecule has 116 valence electrons. The lowest BCUT2D eigenvalue weighted by molar-refractivity contribution is -0.146. The van der Waals surface area contributed by atoms with E-state index in [0.717, 1.165) is 12.0 Å². The smallest absolute Gasteiger partial charge is 0.327 e. The summed E-state index contributed by atoms with van der Waals surface area (Å²) >= 11 is 0. The van der Waals surface area contributed by atoms with Crippen LogP contribution in [0.15, 0.2) is 30.3 Å². The lowest BCUT2D eigenvalue weighted by Gasteiger charge is -2.40. The first-order valence-corrected chi connectivity index (χ1v) is 8.02. The third kappa shape index (κ3) is 4.07. The van der Waals surface area contributed by atoms with Crippen LogP contribution in [0.1, 0.15) is 58.1 Å². The fraction of sp³-hybridized carbons (Fsp3) is 0.611. The monoisotopic (exact) mass is 289 g/mol. The second kappa shape index (κ2) is 7.08. The van der Waals surface area contributed by atoms with E-state index >= 15 is 0 Å². The van der Waals surface area contributed by atoms with Crippen LogP contribution in [-0.2, 0) is 9.53 Å². The summed E-state index contributed by atoms with van der Waals surface area (Å²) in [5.41, 5.74) is 1.20. The molecule has 0 bridgehead atoms. The first-order chi connectivity index (χ1) is 10.0. The number of hydrogen-bond donors (Lipinski definition) is 1. The molecule has 1 aromatic carbocycles. The van der Waals surface area contributed by atoms with Crippen molar-refractivity contribution in [2.75, 3.05) is 6.61 Å². The predicted molar refractivity (Wildman–Crippen MR) is 85.0 cm³/mol. The van der Waals surface area contributed by atoms with Crippen LogP contribution >= 0.6 is 0 Å². The summed E-state index contributed by atoms with van der Waals surface area (Å²) < 4.78 is 5.27. The van der Waals surface area contributed by atoms with E-state index in [9.17, 15) is 4.79 Å². The van der Waals surface area contributed by atoms with E-state index in [1.54, 1.807) is 0 Å². The Morgan fingerprint density at radius 3 is 2.67 bits per heavy atom. The van der Waals surface area contributed by atoms with Crippen LogP contribution in [-0.4, -0.2) is 18.6 Å². The van der Waals surface area contributed by atoms with E-state index in [1.165, 1.54) is 19.3 Å². The van der Waals surface area contributed by atoms with Crippen molar-refractivity contribution < 1.29 is 9.53 Å². The molecule has 0 aliphatic heterocycles. The van der Waals surface area contributed by atoms with Gasteiger partial charge in [-0.2, -0.15) is 0 Å². The van der Waals surface area contributed by atoms with Gasteiger partial charge in [-0.1, -0.05) is 57.0 Å². The maximum absolute atomic E-state index is 12.3. The van der Waals surface area contributed by atoms with Gasteiger partial charge in [-0.15, -0.1) is 0 Å². The number of hydrogen-bond acceptors (Lipinski definition) is 3. The van der Waals surface area contributed by atoms with E-state index in [1.807, 2.05) is 37.3 Å². The van der Waals surface area contributed by atoms with Gasteiger partial charge in [0.15, 0.2) is 0 Å². The first kappa shape index (κ1) is 16.0. The number of carbonyl (C=O) groups excluding carboxylic acids is 1. The molecule has 0 saturated heterocycles. The van der Waals surface area contributed by atoms with Gasteiger partial charge < -0.3 is 4.74 Å². The number of rotatable bonds is 5. The Kier molecular flexibility index (Phi) is 5.40. The van der Waals surface area contributed by atoms with E-state index < -0.39 is 0 Å². The minimum absolute atomic E-state index is 0.176. The van der Waals surface area contributed by atoms with Gasteiger partial charge in [0.2, 0.25) is 0 Å². The molecule has 2 rings (SSSR count). The topological polar surface area (TPSA) is 38.3 Å². The van der Waals surface area contributed by atoms with E-state index in [4.69, 9.17) is 4.74 Å². The lowest BCUT2D eigenvalue weighted by Crippen LogP contribution is -2.47. The summed E-state index contributed by atoms with van der Waals surface area (Å²) in [6, 6.07) is 9.87. The first-order valence-electron chi connectivity index (χ1n) is 8.02. The molecule has 0 spiro atoms. The standard InChI is InChI=1S/C18H27NO2/c1-4-21-17(20)16(14-10-6-5-7-11-14)19-15-12-8-9-13-18(15,2)3/h5-7,10-11,15-16,19H,4,8-9,12-13H2,1-3H3. The SMILES string of the molecule is CCOC(=O)C(NC1CCCCC1(C)C)c1ccccc1. The fourth-order valence-electron chi connectivity index (χ4n) is 3.18. The third-order valence-corrected chi connectivity index (χ3v) is 4.53. The molecule has 2 unspecified atom stereocenters. The second-order valence-corrected chi connectivity index (χ2v) is 6.55. The van der Waals surface area contributed by atoms with Gasteiger partial charge in [-0.3, -0.25) is 5.32 Å². The molecule has 2 atom stereocenters. The maximum atomic E-state index is 12.3. The maximum Gasteiger partial charge on any atom is 0.327 e. The second-order valence-electron chi connectivity index (χ2n) is 6.55. The van der Waals surface area contributed by atoms with E-state index in [0.29, 0.717) is 12.6 Å². The Bertz CT molecular complexity index is 456. The molecule has 0 heterocycles. The largest absolute Gasteiger partial charge is 0.465 e. The van der Waals surface area contributed by atoms with Crippen molar-refractivity contribution in [3.63, 3.8) is 0 Å². The molecular formula is C18H27NO2. The summed E-state index contributed by atoms with van der Waals surface area (Å²) in [7, 11) is 0. The highest BCUT2D eigenvalue weighted by Gasteiger charge is 2.35. The average Bonchev–Trinajstić information content (AvgIpc) is 2.47. The summed E-state index contributed by atoms with van der Waals surface area (Å²) in [5, 5.41) is 3.57. The van der Waals surface area contributed by atoms with Crippen molar-refractivity contribution in [2.24, 2.45) is 5.41 Å². The van der Waals surface area contributed by atoms with Crippen molar-refractivity contribution in [1.29, 1.82) is 0 Å². The van der Waals surface area contributed by atoms with Crippen LogP contribution in [0, 0.1) is 5.41 Å². The van der Waals surface area contributed by atoms with Crippen LogP contribution in [0.25, 0.3) is 0 Å². The predicted octanol–water partition coefficient (Wildman–Crippen LogP) is 3.85. The van der Waals surface area contributed by atoms with Crippen molar-refractivity contribution >= 4 is 5.97 Å². The molecule has 21 heavy (non-hydrogen) atoms. The van der Waals surface area contributed by atoms with Gasteiger partial charge >= 0.3 is 5.97 Å². The quantitative estimate of drug-likeness (QED) is 0.837. The molecule has 0 radical (unpaired) electrons. The molecule has 1 saturated carbocycles. The zero-order valence-electron chi connectivity index (χ0n) is 13.4. The minimum Gasteiger partial charge on any atom is -0.465 e. The lowest BCUT2D eigenvalue weighted by atomic mass is 9.73. The summed E-state index contributed by atoms with van der Waals surface area (Å²) in [4.78, 5) is 12.3. The number of ether oxygens (including phenoxy) is 1. The van der Waals surface area contributed by atoms with Crippen LogP contribution < -0.4 is 5.32 Å². The van der Waals surface area contributed by atoms with Crippen LogP contribution in [0.5, 0.6) is 0 Å². The fourth-order valence-corrected chi connectivity index (χ4v) is 3.18. The normalized spacial score (nSPS) is 22.5. The van der Waals surface area contributed by atoms with Crippen molar-refractivity contribution in [2.45, 2.75) is 58.5 Å². The van der Waals surface area contributed by atoms with Gasteiger partial charge in [-0.25, -0.2) is 4.79 Å². The molecule has 1 N–H and O–H groups in total. The van der Waals surface area contributed by atoms with E-state index in [-0.39, 0.29) is 17.4 Å². The highest BCUT2D eigenvalue weighted by atomic mass is 16.5. The zero-order chi connectivity index (χ0) is 15.3. The zero-order valence-corrected chi connectivity index (χ0v) is 13.4. The molecule has 1 aliphatic carbocycles. The Balaban J connectivity index is 2.18. The van der Waals surface area contributed by atoms with Gasteiger partial charge in [0.1, 0.15) is 6.04 Å². The van der Waals surface area contributed by atoms with Gasteiger partial charge in [-0.05, 0) is 30.7 Å². The summed E-state index contributed by atoms with van der Waals surface area (Å²) in [5.74, 6) is -0.176.